The predicted octanol–water partition coefficient (Wildman–Crippen LogP) is -0.129. The molecular formula is C15H20O6. The van der Waals surface area contributed by atoms with Crippen molar-refractivity contribution in [3.63, 3.8) is 0 Å². The molecule has 0 unspecified atom stereocenters. The third-order valence-electron chi connectivity index (χ3n) is 2.91. The molecule has 0 saturated carbocycles. The average molecular weight is 296 g/mol. The number of ether oxygens (including phenoxy) is 2. The van der Waals surface area contributed by atoms with Crippen LogP contribution in [0, 0.1) is 29.1 Å². The lowest BCUT2D eigenvalue weighted by atomic mass is 9.79. The molecule has 2 N–H and O–H groups in total. The third kappa shape index (κ3) is 5.86. The summed E-state index contributed by atoms with van der Waals surface area (Å²) >= 11 is 0. The van der Waals surface area contributed by atoms with Crippen molar-refractivity contribution in [1.29, 1.82) is 0 Å². The van der Waals surface area contributed by atoms with Crippen LogP contribution in [0.2, 0.25) is 0 Å². The maximum Gasteiger partial charge on any atom is 0.323 e. The maximum atomic E-state index is 12.0. The maximum absolute atomic E-state index is 12.0. The van der Waals surface area contributed by atoms with Gasteiger partial charge in [0, 0.05) is 12.8 Å². The molecule has 0 spiro atoms. The first kappa shape index (κ1) is 19.0. The molecule has 0 bridgehead atoms. The van der Waals surface area contributed by atoms with Crippen LogP contribution in [-0.4, -0.2) is 49.6 Å². The fraction of sp³-hybridized carbons (Fsp3) is 0.600. The first-order valence-electron chi connectivity index (χ1n) is 6.39. The van der Waals surface area contributed by atoms with Crippen molar-refractivity contribution in [3.05, 3.63) is 0 Å². The highest BCUT2D eigenvalue weighted by atomic mass is 16.5. The Balaban J connectivity index is 5.21. The molecule has 0 fully saturated rings. The number of aliphatic hydroxyl groups excluding tert-OH is 2. The Labute approximate surface area is 124 Å². The highest BCUT2D eigenvalue weighted by Crippen LogP contribution is 2.33. The molecule has 116 valence electrons. The van der Waals surface area contributed by atoms with E-state index in [-0.39, 0.29) is 38.9 Å². The van der Waals surface area contributed by atoms with Crippen LogP contribution in [0.5, 0.6) is 0 Å². The summed E-state index contributed by atoms with van der Waals surface area (Å²) in [5.74, 6) is 8.81. The van der Waals surface area contributed by atoms with Crippen molar-refractivity contribution in [1.82, 2.24) is 0 Å². The van der Waals surface area contributed by atoms with Gasteiger partial charge in [0.2, 0.25) is 0 Å². The minimum absolute atomic E-state index is 0.111. The Hall–Kier alpha value is -2.02. The van der Waals surface area contributed by atoms with Gasteiger partial charge in [0.15, 0.2) is 5.41 Å². The average Bonchev–Trinajstić information content (AvgIpc) is 2.52. The predicted molar refractivity (Wildman–Crippen MR) is 74.7 cm³/mol. The van der Waals surface area contributed by atoms with Gasteiger partial charge in [0.25, 0.3) is 0 Å². The Morgan fingerprint density at radius 3 is 1.52 bits per heavy atom. The largest absolute Gasteiger partial charge is 0.468 e. The minimum atomic E-state index is -1.47. The summed E-state index contributed by atoms with van der Waals surface area (Å²) in [6.07, 6.45) is 0.691. The Bertz CT molecular complexity index is 416. The van der Waals surface area contributed by atoms with Crippen molar-refractivity contribution < 1.29 is 29.3 Å². The van der Waals surface area contributed by atoms with Crippen molar-refractivity contribution in [2.24, 2.45) is 5.41 Å². The monoisotopic (exact) mass is 296 g/mol. The molecule has 6 nitrogen and oxygen atoms in total. The van der Waals surface area contributed by atoms with Crippen LogP contribution < -0.4 is 0 Å². The van der Waals surface area contributed by atoms with Gasteiger partial charge in [-0.2, -0.15) is 0 Å². The summed E-state index contributed by atoms with van der Waals surface area (Å²) in [5.41, 5.74) is -1.47. The second kappa shape index (κ2) is 10.7. The summed E-state index contributed by atoms with van der Waals surface area (Å²) in [7, 11) is 2.39. The summed E-state index contributed by atoms with van der Waals surface area (Å²) in [5, 5.41) is 17.2. The standard InChI is InChI=1S/C15H20O6/c1-20-13(18)15(14(19)21-2,9-5-3-7-11-16)10-6-4-8-12-17/h16-17H,5-6,9-12H2,1-2H3. The van der Waals surface area contributed by atoms with Crippen molar-refractivity contribution in [2.45, 2.75) is 25.7 Å². The van der Waals surface area contributed by atoms with Crippen LogP contribution in [0.1, 0.15) is 25.7 Å². The van der Waals surface area contributed by atoms with Gasteiger partial charge in [-0.1, -0.05) is 11.8 Å². The van der Waals surface area contributed by atoms with E-state index in [1.54, 1.807) is 0 Å². The Morgan fingerprint density at radius 2 is 1.24 bits per heavy atom. The molecule has 0 aliphatic rings. The second-order valence-electron chi connectivity index (χ2n) is 4.09. The van der Waals surface area contributed by atoms with Gasteiger partial charge in [-0.3, -0.25) is 9.59 Å². The molecule has 0 aromatic heterocycles. The fourth-order valence-electron chi connectivity index (χ4n) is 1.85. The smallest absolute Gasteiger partial charge is 0.323 e. The molecule has 0 rings (SSSR count). The van der Waals surface area contributed by atoms with Crippen LogP contribution in [0.4, 0.5) is 0 Å². The number of hydrogen-bond acceptors (Lipinski definition) is 6. The van der Waals surface area contributed by atoms with E-state index in [2.05, 4.69) is 23.7 Å². The number of rotatable bonds is 6. The number of aliphatic hydroxyl groups is 2. The quantitative estimate of drug-likeness (QED) is 0.403. The fourth-order valence-corrected chi connectivity index (χ4v) is 1.85. The topological polar surface area (TPSA) is 93.1 Å². The lowest BCUT2D eigenvalue weighted by Crippen LogP contribution is -2.41. The zero-order valence-electron chi connectivity index (χ0n) is 12.3. The summed E-state index contributed by atoms with van der Waals surface area (Å²) < 4.78 is 9.44. The minimum Gasteiger partial charge on any atom is -0.468 e. The van der Waals surface area contributed by atoms with Gasteiger partial charge < -0.3 is 19.7 Å². The molecule has 0 aliphatic heterocycles. The molecule has 0 aromatic rings. The zero-order chi connectivity index (χ0) is 16.1. The molecule has 0 saturated heterocycles. The van der Waals surface area contributed by atoms with Crippen molar-refractivity contribution in [3.8, 4) is 23.7 Å². The molecule has 0 radical (unpaired) electrons. The molecule has 0 aromatic carbocycles. The lowest BCUT2D eigenvalue weighted by molar-refractivity contribution is -0.170. The molecule has 21 heavy (non-hydrogen) atoms. The first-order valence-corrected chi connectivity index (χ1v) is 6.39. The van der Waals surface area contributed by atoms with Crippen LogP contribution >= 0.6 is 0 Å². The van der Waals surface area contributed by atoms with Crippen molar-refractivity contribution >= 4 is 11.9 Å². The highest BCUT2D eigenvalue weighted by Gasteiger charge is 2.47. The third-order valence-corrected chi connectivity index (χ3v) is 2.91. The van der Waals surface area contributed by atoms with Gasteiger partial charge in [-0.25, -0.2) is 0 Å². The van der Waals surface area contributed by atoms with Gasteiger partial charge in [-0.15, -0.1) is 11.8 Å². The molecule has 0 atom stereocenters. The van der Waals surface area contributed by atoms with E-state index in [1.807, 2.05) is 0 Å². The van der Waals surface area contributed by atoms with E-state index in [9.17, 15) is 9.59 Å². The van der Waals surface area contributed by atoms with Gasteiger partial charge in [-0.05, 0) is 12.8 Å². The van der Waals surface area contributed by atoms with Gasteiger partial charge in [0.05, 0.1) is 14.2 Å². The second-order valence-corrected chi connectivity index (χ2v) is 4.09. The molecular weight excluding hydrogens is 276 g/mol. The summed E-state index contributed by atoms with van der Waals surface area (Å²) in [4.78, 5) is 24.1. The van der Waals surface area contributed by atoms with Gasteiger partial charge in [0.1, 0.15) is 13.2 Å². The number of carbonyl (C=O) groups is 2. The molecule has 0 aliphatic carbocycles. The van der Waals surface area contributed by atoms with Crippen LogP contribution in [0.3, 0.4) is 0 Å². The van der Waals surface area contributed by atoms with Crippen molar-refractivity contribution in [2.75, 3.05) is 27.4 Å². The van der Waals surface area contributed by atoms with E-state index in [0.717, 1.165) is 0 Å². The van der Waals surface area contributed by atoms with E-state index < -0.39 is 17.4 Å². The normalized spacial score (nSPS) is 9.71. The molecule has 0 amide bonds. The summed E-state index contributed by atoms with van der Waals surface area (Å²) in [6.45, 7) is -0.573. The Morgan fingerprint density at radius 1 is 0.857 bits per heavy atom. The van der Waals surface area contributed by atoms with Gasteiger partial charge >= 0.3 is 11.9 Å². The van der Waals surface area contributed by atoms with Crippen LogP contribution in [0.25, 0.3) is 0 Å². The number of methoxy groups -OCH3 is 2. The van der Waals surface area contributed by atoms with Crippen LogP contribution in [-0.2, 0) is 19.1 Å². The van der Waals surface area contributed by atoms with E-state index in [4.69, 9.17) is 19.7 Å². The number of carbonyl (C=O) groups excluding carboxylic acids is 2. The SMILES string of the molecule is COC(=O)C(CCC#CCO)(CCC#CCO)C(=O)OC. The zero-order valence-corrected chi connectivity index (χ0v) is 12.3. The van der Waals surface area contributed by atoms with Crippen LogP contribution in [0.15, 0.2) is 0 Å². The molecule has 0 heterocycles. The van der Waals surface area contributed by atoms with E-state index in [1.165, 1.54) is 14.2 Å². The highest BCUT2D eigenvalue weighted by molar-refractivity contribution is 6.00. The Kier molecular flexibility index (Phi) is 9.70. The number of hydrogen-bond donors (Lipinski definition) is 2. The van der Waals surface area contributed by atoms with E-state index in [0.29, 0.717) is 0 Å². The first-order chi connectivity index (χ1) is 10.1. The molecule has 6 heteroatoms. The number of esters is 2. The summed E-state index contributed by atoms with van der Waals surface area (Å²) in [6, 6.07) is 0. The van der Waals surface area contributed by atoms with E-state index >= 15 is 0 Å². The lowest BCUT2D eigenvalue weighted by Gasteiger charge is -2.26.